The first kappa shape index (κ1) is 20.1. The van der Waals surface area contributed by atoms with Crippen molar-refractivity contribution in [1.29, 1.82) is 0 Å². The van der Waals surface area contributed by atoms with E-state index in [1.807, 2.05) is 30.9 Å². The van der Waals surface area contributed by atoms with Gasteiger partial charge in [0.15, 0.2) is 5.96 Å². The number of aryl methyl sites for hydroxylation is 1. The minimum Gasteiger partial charge on any atom is -0.372 e. The zero-order chi connectivity index (χ0) is 17.1. The second-order valence-electron chi connectivity index (χ2n) is 6.11. The molecule has 2 aromatic rings. The summed E-state index contributed by atoms with van der Waals surface area (Å²) in [7, 11) is 5.82. The van der Waals surface area contributed by atoms with Gasteiger partial charge in [0.1, 0.15) is 0 Å². The number of guanidine groups is 1. The van der Waals surface area contributed by atoms with Crippen LogP contribution in [0.5, 0.6) is 0 Å². The Morgan fingerprint density at radius 3 is 2.76 bits per heavy atom. The van der Waals surface area contributed by atoms with Crippen LogP contribution >= 0.6 is 35.6 Å². The molecule has 3 rings (SSSR count). The first-order chi connectivity index (χ1) is 11.6. The lowest BCUT2D eigenvalue weighted by Crippen LogP contribution is -2.38. The second kappa shape index (κ2) is 8.91. The molecule has 7 heteroatoms. The molecule has 1 aromatic heterocycles. The number of ether oxygens (including phenoxy) is 1. The topological polar surface area (TPSA) is 41.8 Å². The van der Waals surface area contributed by atoms with Crippen LogP contribution < -0.4 is 5.32 Å². The smallest absolute Gasteiger partial charge is 0.194 e. The lowest BCUT2D eigenvalue weighted by Gasteiger charge is -2.22. The fourth-order valence-electron chi connectivity index (χ4n) is 2.94. The van der Waals surface area contributed by atoms with Crippen molar-refractivity contribution in [1.82, 2.24) is 14.8 Å². The molecule has 0 atom stereocenters. The van der Waals surface area contributed by atoms with Crippen molar-refractivity contribution < 1.29 is 4.74 Å². The van der Waals surface area contributed by atoms with Crippen LogP contribution in [-0.4, -0.2) is 29.5 Å². The maximum Gasteiger partial charge on any atom is 0.194 e. The summed E-state index contributed by atoms with van der Waals surface area (Å²) in [5.74, 6) is 0.851. The molecular weight excluding hydrogens is 451 g/mol. The van der Waals surface area contributed by atoms with Gasteiger partial charge in [-0.15, -0.1) is 24.0 Å². The number of nitrogens with zero attached hydrogens (tertiary/aromatic N) is 3. The van der Waals surface area contributed by atoms with E-state index in [4.69, 9.17) is 16.3 Å². The highest BCUT2D eigenvalue weighted by atomic mass is 127. The molecule has 0 saturated carbocycles. The van der Waals surface area contributed by atoms with E-state index in [-0.39, 0.29) is 24.0 Å². The SMILES string of the molecule is CN=C(NCc1ccc2c(c1)COC2)N(C)Cc1cc(Cl)cn1C.I. The number of hydrogen-bond acceptors (Lipinski definition) is 2. The summed E-state index contributed by atoms with van der Waals surface area (Å²) >= 11 is 6.05. The Balaban J connectivity index is 0.00000225. The van der Waals surface area contributed by atoms with Crippen LogP contribution in [0, 0.1) is 0 Å². The summed E-state index contributed by atoms with van der Waals surface area (Å²) in [6, 6.07) is 8.48. The minimum absolute atomic E-state index is 0. The van der Waals surface area contributed by atoms with Crippen LogP contribution in [0.4, 0.5) is 0 Å². The van der Waals surface area contributed by atoms with Gasteiger partial charge in [0.2, 0.25) is 0 Å². The first-order valence-corrected chi connectivity index (χ1v) is 8.35. The molecule has 0 aliphatic carbocycles. The Hall–Kier alpha value is -1.25. The minimum atomic E-state index is 0. The summed E-state index contributed by atoms with van der Waals surface area (Å²) in [5.41, 5.74) is 4.95. The van der Waals surface area contributed by atoms with Crippen molar-refractivity contribution in [3.63, 3.8) is 0 Å². The normalized spacial score (nSPS) is 13.4. The Kier molecular flexibility index (Phi) is 7.15. The van der Waals surface area contributed by atoms with Crippen LogP contribution in [-0.2, 0) is 38.1 Å². The molecule has 0 saturated heterocycles. The summed E-state index contributed by atoms with van der Waals surface area (Å²) in [4.78, 5) is 6.46. The number of fused-ring (bicyclic) bond motifs is 1. The third-order valence-electron chi connectivity index (χ3n) is 4.28. The highest BCUT2D eigenvalue weighted by Gasteiger charge is 2.13. The molecule has 1 N–H and O–H groups in total. The highest BCUT2D eigenvalue weighted by Crippen LogP contribution is 2.20. The van der Waals surface area contributed by atoms with Crippen molar-refractivity contribution in [2.45, 2.75) is 26.3 Å². The zero-order valence-corrected chi connectivity index (χ0v) is 17.8. The zero-order valence-electron chi connectivity index (χ0n) is 14.8. The van der Waals surface area contributed by atoms with E-state index in [1.165, 1.54) is 16.7 Å². The number of hydrogen-bond donors (Lipinski definition) is 1. The van der Waals surface area contributed by atoms with Gasteiger partial charge in [0.05, 0.1) is 24.8 Å². The lowest BCUT2D eigenvalue weighted by molar-refractivity contribution is 0.134. The van der Waals surface area contributed by atoms with E-state index in [0.717, 1.165) is 36.4 Å². The van der Waals surface area contributed by atoms with Gasteiger partial charge < -0.3 is 19.5 Å². The number of rotatable bonds is 4. The van der Waals surface area contributed by atoms with Gasteiger partial charge in [-0.1, -0.05) is 29.8 Å². The number of aliphatic imine (C=N–C) groups is 1. The Morgan fingerprint density at radius 2 is 2.08 bits per heavy atom. The van der Waals surface area contributed by atoms with Crippen molar-refractivity contribution in [3.8, 4) is 0 Å². The summed E-state index contributed by atoms with van der Waals surface area (Å²) < 4.78 is 7.50. The molecule has 5 nitrogen and oxygen atoms in total. The van der Waals surface area contributed by atoms with E-state index < -0.39 is 0 Å². The predicted molar refractivity (Wildman–Crippen MR) is 112 cm³/mol. The monoisotopic (exact) mass is 474 g/mol. The molecule has 0 bridgehead atoms. The Bertz CT molecular complexity index is 760. The van der Waals surface area contributed by atoms with Gasteiger partial charge >= 0.3 is 0 Å². The molecule has 0 unspecified atom stereocenters. The van der Waals surface area contributed by atoms with E-state index in [9.17, 15) is 0 Å². The average molecular weight is 475 g/mol. The molecule has 0 radical (unpaired) electrons. The second-order valence-corrected chi connectivity index (χ2v) is 6.55. The van der Waals surface area contributed by atoms with Crippen LogP contribution in [0.3, 0.4) is 0 Å². The van der Waals surface area contributed by atoms with Gasteiger partial charge in [-0.3, -0.25) is 4.99 Å². The van der Waals surface area contributed by atoms with Crippen molar-refractivity contribution >= 4 is 41.5 Å². The average Bonchev–Trinajstić information content (AvgIpc) is 3.13. The lowest BCUT2D eigenvalue weighted by atomic mass is 10.1. The Labute approximate surface area is 171 Å². The molecule has 0 spiro atoms. The fourth-order valence-corrected chi connectivity index (χ4v) is 3.21. The summed E-state index contributed by atoms with van der Waals surface area (Å²) in [5, 5.41) is 4.17. The predicted octanol–water partition coefficient (Wildman–Crippen LogP) is 3.53. The number of halogens is 2. The molecule has 2 heterocycles. The molecule has 136 valence electrons. The quantitative estimate of drug-likeness (QED) is 0.419. The summed E-state index contributed by atoms with van der Waals surface area (Å²) in [6.07, 6.45) is 1.91. The largest absolute Gasteiger partial charge is 0.372 e. The van der Waals surface area contributed by atoms with E-state index in [0.29, 0.717) is 6.61 Å². The number of benzene rings is 1. The van der Waals surface area contributed by atoms with Crippen LogP contribution in [0.15, 0.2) is 35.5 Å². The van der Waals surface area contributed by atoms with Gasteiger partial charge in [0, 0.05) is 39.6 Å². The summed E-state index contributed by atoms with van der Waals surface area (Å²) in [6.45, 7) is 2.91. The number of nitrogens with one attached hydrogen (secondary N) is 1. The molecule has 1 aromatic carbocycles. The van der Waals surface area contributed by atoms with Gasteiger partial charge in [-0.05, 0) is 22.8 Å². The van der Waals surface area contributed by atoms with Crippen LogP contribution in [0.1, 0.15) is 22.4 Å². The third-order valence-corrected chi connectivity index (χ3v) is 4.49. The molecule has 25 heavy (non-hydrogen) atoms. The van der Waals surface area contributed by atoms with Crippen molar-refractivity contribution in [2.75, 3.05) is 14.1 Å². The molecule has 0 fully saturated rings. The molecule has 0 amide bonds. The van der Waals surface area contributed by atoms with Crippen LogP contribution in [0.25, 0.3) is 0 Å². The molecule has 1 aliphatic heterocycles. The third kappa shape index (κ3) is 4.89. The standard InChI is InChI=1S/C18H23ClN4O.HI/c1-20-18(23(3)10-17-7-16(19)9-22(17)2)21-8-13-4-5-14-11-24-12-15(14)6-13;/h4-7,9H,8,10-12H2,1-3H3,(H,20,21);1H. The maximum atomic E-state index is 6.05. The molecule has 1 aliphatic rings. The highest BCUT2D eigenvalue weighted by molar-refractivity contribution is 14.0. The Morgan fingerprint density at radius 1 is 1.32 bits per heavy atom. The van der Waals surface area contributed by atoms with Gasteiger partial charge in [0.25, 0.3) is 0 Å². The first-order valence-electron chi connectivity index (χ1n) is 7.98. The van der Waals surface area contributed by atoms with E-state index in [1.54, 1.807) is 7.05 Å². The fraction of sp³-hybridized carbons (Fsp3) is 0.389. The van der Waals surface area contributed by atoms with Crippen LogP contribution in [0.2, 0.25) is 5.02 Å². The van der Waals surface area contributed by atoms with Gasteiger partial charge in [-0.25, -0.2) is 0 Å². The van der Waals surface area contributed by atoms with Crippen molar-refractivity contribution in [3.05, 3.63) is 57.9 Å². The van der Waals surface area contributed by atoms with Gasteiger partial charge in [-0.2, -0.15) is 0 Å². The van der Waals surface area contributed by atoms with Crippen molar-refractivity contribution in [2.24, 2.45) is 12.0 Å². The molecular formula is C18H24ClIN4O. The van der Waals surface area contributed by atoms with E-state index >= 15 is 0 Å². The van der Waals surface area contributed by atoms with E-state index in [2.05, 4.69) is 33.4 Å². The number of aromatic nitrogens is 1. The maximum absolute atomic E-state index is 6.05.